The molecule has 0 saturated carbocycles. The molecule has 2 N–H and O–H groups in total. The first kappa shape index (κ1) is 61.2. The summed E-state index contributed by atoms with van der Waals surface area (Å²) in [5, 5.41) is 37.9. The molecule has 0 saturated heterocycles. The number of ether oxygens (including phenoxy) is 3. The van der Waals surface area contributed by atoms with E-state index >= 15 is 0 Å². The maximum absolute atomic E-state index is 12.3. The molecule has 2 aromatic carbocycles. The second-order valence-corrected chi connectivity index (χ2v) is 20.4. The van der Waals surface area contributed by atoms with E-state index in [4.69, 9.17) is 60.7 Å². The summed E-state index contributed by atoms with van der Waals surface area (Å²) < 4.78 is 18.8. The SMILES string of the molecule is [C-]#[N+]c1nc(/N=N/c2sc(N(CCOC(=O)CCC(=O)O)CCOC(=O)CCC(=O)O)nc2-c2ccccc2)n(Cc2ccccc2Cn2c(/N=N/c3sc(N(CC)CCOC(=O)C(=C)C)nc3C(C)(C)C)nc([N+]#[C-])c2[N+]#[C-])c1[N+]#[C-]. The lowest BCUT2D eigenvalue weighted by Gasteiger charge is -2.21. The second kappa shape index (κ2) is 28.7. The summed E-state index contributed by atoms with van der Waals surface area (Å²) in [6.07, 6.45) is -1.58. The van der Waals surface area contributed by atoms with Crippen molar-refractivity contribution in [2.45, 2.75) is 78.8 Å². The third-order valence-electron chi connectivity index (χ3n) is 11.6. The Kier molecular flexibility index (Phi) is 21.4. The largest absolute Gasteiger partial charge is 0.481 e. The van der Waals surface area contributed by atoms with Crippen LogP contribution in [0, 0.1) is 26.3 Å². The molecule has 0 aliphatic carbocycles. The predicted molar refractivity (Wildman–Crippen MR) is 302 cm³/mol. The van der Waals surface area contributed by atoms with Gasteiger partial charge in [-0.25, -0.2) is 23.9 Å². The van der Waals surface area contributed by atoms with Gasteiger partial charge in [0.2, 0.25) is 0 Å². The third-order valence-corrected chi connectivity index (χ3v) is 13.6. The topological polar surface area (TPSA) is 288 Å². The van der Waals surface area contributed by atoms with Gasteiger partial charge in [-0.2, -0.15) is 0 Å². The quantitative estimate of drug-likeness (QED) is 0.0152. The molecule has 28 heteroatoms. The van der Waals surface area contributed by atoms with Crippen molar-refractivity contribution in [2.75, 3.05) is 55.8 Å². The van der Waals surface area contributed by atoms with Crippen molar-refractivity contribution in [1.29, 1.82) is 0 Å². The minimum Gasteiger partial charge on any atom is -0.481 e. The van der Waals surface area contributed by atoms with E-state index in [0.29, 0.717) is 56.4 Å². The highest BCUT2D eigenvalue weighted by atomic mass is 32.1. The van der Waals surface area contributed by atoms with Crippen molar-refractivity contribution in [3.05, 3.63) is 129 Å². The van der Waals surface area contributed by atoms with Crippen LogP contribution in [0.4, 0.5) is 55.4 Å². The fraction of sp³-hybridized carbons (Fsp3) is 0.352. The molecule has 6 aromatic rings. The van der Waals surface area contributed by atoms with Crippen LogP contribution < -0.4 is 9.80 Å². The Balaban J connectivity index is 1.34. The average Bonchev–Trinajstić information content (AvgIpc) is 4.28. The number of azo groups is 2. The molecule has 422 valence electrons. The number of carboxylic acids is 2. The molecule has 0 atom stereocenters. The van der Waals surface area contributed by atoms with Crippen LogP contribution >= 0.6 is 22.7 Å². The van der Waals surface area contributed by atoms with Crippen LogP contribution in [0.15, 0.2) is 87.2 Å². The Bertz CT molecular complexity index is 3550. The smallest absolute Gasteiger partial charge is 0.417 e. The van der Waals surface area contributed by atoms with Crippen molar-refractivity contribution in [2.24, 2.45) is 20.5 Å². The van der Waals surface area contributed by atoms with E-state index in [0.717, 1.165) is 11.3 Å². The first-order valence-electron chi connectivity index (χ1n) is 25.0. The molecule has 0 unspecified atom stereocenters. The number of carbonyl (C=O) groups is 5. The Hall–Kier alpha value is -10.0. The molecule has 6 rings (SSSR count). The molecule has 26 nitrogen and oxygen atoms in total. The molecule has 0 aliphatic heterocycles. The summed E-state index contributed by atoms with van der Waals surface area (Å²) in [5.41, 5.74) is 2.58. The second-order valence-electron chi connectivity index (χ2n) is 18.5. The maximum atomic E-state index is 12.3. The summed E-state index contributed by atoms with van der Waals surface area (Å²) in [7, 11) is 0. The number of esters is 3. The van der Waals surface area contributed by atoms with Gasteiger partial charge in [0.15, 0.2) is 20.3 Å². The normalized spacial score (nSPS) is 11.1. The summed E-state index contributed by atoms with van der Waals surface area (Å²) in [6, 6.07) is 16.0. The zero-order chi connectivity index (χ0) is 59.5. The zero-order valence-corrected chi connectivity index (χ0v) is 46.9. The van der Waals surface area contributed by atoms with Crippen LogP contribution in [0.5, 0.6) is 0 Å². The van der Waals surface area contributed by atoms with E-state index in [-0.39, 0.29) is 105 Å². The van der Waals surface area contributed by atoms with Gasteiger partial charge < -0.3 is 53.6 Å². The minimum absolute atomic E-state index is 0.00162. The lowest BCUT2D eigenvalue weighted by molar-refractivity contribution is -0.147. The molecular formula is C54H54N16O10S2. The molecule has 0 aliphatic rings. The number of likely N-dealkylation sites (N-methyl/N-ethyl adjacent to an activating group) is 1. The van der Waals surface area contributed by atoms with Crippen LogP contribution in [-0.4, -0.2) is 115 Å². The number of hydrogen-bond donors (Lipinski definition) is 2. The van der Waals surface area contributed by atoms with Crippen LogP contribution in [0.1, 0.15) is 77.1 Å². The standard InChI is InChI=1S/C54H54N16O10S2/c1-11-67(25-30-80-49(77)33(2)3)53-60-42(54(4,5)6)48(82-53)64-66-51-62-44(56-8)46(58-10)70(51)32-36-20-16-15-19-35(36)31-69-45(57-9)43(55-7)61-50(69)65-63-47-41(34-17-13-12-14-18-34)59-52(81-47)68(26-28-78-39(75)23-21-37(71)72)27-29-79-40(76)24-22-38(73)74/h12-20H,2,11,21-32H2,1,3-6H3,(H,71,72)(H,73,74)/b65-63+,66-64+. The van der Waals surface area contributed by atoms with Crippen LogP contribution in [0.25, 0.3) is 30.6 Å². The zero-order valence-electron chi connectivity index (χ0n) is 45.2. The van der Waals surface area contributed by atoms with Crippen molar-refractivity contribution in [3.63, 3.8) is 0 Å². The van der Waals surface area contributed by atoms with E-state index in [1.807, 2.05) is 32.6 Å². The van der Waals surface area contributed by atoms with Gasteiger partial charge in [0.25, 0.3) is 23.3 Å². The summed E-state index contributed by atoms with van der Waals surface area (Å²) in [5.74, 6) is -5.19. The number of aromatic nitrogens is 6. The summed E-state index contributed by atoms with van der Waals surface area (Å²) in [4.78, 5) is 95.4. The van der Waals surface area contributed by atoms with E-state index in [1.165, 1.54) is 20.5 Å². The Morgan fingerprint density at radius 3 is 1.56 bits per heavy atom. The van der Waals surface area contributed by atoms with E-state index in [1.54, 1.807) is 66.4 Å². The first-order valence-corrected chi connectivity index (χ1v) is 26.7. The van der Waals surface area contributed by atoms with Gasteiger partial charge >= 0.3 is 41.7 Å². The summed E-state index contributed by atoms with van der Waals surface area (Å²) in [6.45, 7) is 45.6. The van der Waals surface area contributed by atoms with Gasteiger partial charge in [-0.3, -0.25) is 19.2 Å². The highest BCUT2D eigenvalue weighted by Crippen LogP contribution is 2.44. The van der Waals surface area contributed by atoms with E-state index < -0.39 is 48.1 Å². The van der Waals surface area contributed by atoms with Crippen LogP contribution in [-0.2, 0) is 56.7 Å². The number of imidazole rings is 2. The molecule has 0 radical (unpaired) electrons. The number of nitrogens with zero attached hydrogens (tertiary/aromatic N) is 16. The molecule has 4 heterocycles. The first-order chi connectivity index (χ1) is 39.3. The Morgan fingerprint density at radius 2 is 1.10 bits per heavy atom. The fourth-order valence-electron chi connectivity index (χ4n) is 7.49. The Labute approximate surface area is 479 Å². The molecular weight excluding hydrogens is 1100 g/mol. The van der Waals surface area contributed by atoms with Crippen molar-refractivity contribution >= 4 is 108 Å². The van der Waals surface area contributed by atoms with E-state index in [2.05, 4.69) is 56.4 Å². The van der Waals surface area contributed by atoms with Crippen molar-refractivity contribution in [1.82, 2.24) is 29.1 Å². The predicted octanol–water partition coefficient (Wildman–Crippen LogP) is 11.7. The lowest BCUT2D eigenvalue weighted by atomic mass is 9.93. The fourth-order valence-corrected chi connectivity index (χ4v) is 9.64. The molecule has 0 amide bonds. The number of hydrogen-bond acceptors (Lipinski definition) is 20. The van der Waals surface area contributed by atoms with Crippen LogP contribution in [0.3, 0.4) is 0 Å². The van der Waals surface area contributed by atoms with Gasteiger partial charge in [-0.15, -0.1) is 10.2 Å². The van der Waals surface area contributed by atoms with Crippen molar-refractivity contribution in [3.8, 4) is 11.3 Å². The molecule has 82 heavy (non-hydrogen) atoms. The number of anilines is 2. The van der Waals surface area contributed by atoms with Crippen molar-refractivity contribution < 1.29 is 48.4 Å². The average molecular weight is 1150 g/mol. The highest BCUT2D eigenvalue weighted by molar-refractivity contribution is 7.20. The van der Waals surface area contributed by atoms with Gasteiger partial charge in [0, 0.05) is 23.1 Å². The lowest BCUT2D eigenvalue weighted by Crippen LogP contribution is -2.32. The number of carboxylic acid groups (broad SMARTS) is 2. The van der Waals surface area contributed by atoms with Crippen LogP contribution in [0.2, 0.25) is 0 Å². The molecule has 0 bridgehead atoms. The van der Waals surface area contributed by atoms with Gasteiger partial charge in [-0.1, -0.05) is 151 Å². The molecule has 0 fully saturated rings. The highest BCUT2D eigenvalue weighted by Gasteiger charge is 2.30. The number of benzene rings is 2. The monoisotopic (exact) mass is 1150 g/mol. The number of aliphatic carboxylic acids is 2. The number of carbonyl (C=O) groups excluding carboxylic acids is 3. The Morgan fingerprint density at radius 1 is 0.634 bits per heavy atom. The molecule has 0 spiro atoms. The van der Waals surface area contributed by atoms with E-state index in [9.17, 15) is 24.0 Å². The van der Waals surface area contributed by atoms with Gasteiger partial charge in [-0.05, 0) is 25.0 Å². The molecule has 4 aromatic heterocycles. The maximum Gasteiger partial charge on any atom is 0.417 e. The minimum atomic E-state index is -1.17. The van der Waals surface area contributed by atoms with Gasteiger partial charge in [0.05, 0.1) is 51.0 Å². The number of rotatable bonds is 28. The number of thiazole rings is 2. The van der Waals surface area contributed by atoms with Gasteiger partial charge in [0.1, 0.15) is 38.6 Å². The summed E-state index contributed by atoms with van der Waals surface area (Å²) >= 11 is 2.32. The third kappa shape index (κ3) is 16.3.